The molecule has 0 radical (unpaired) electrons. The molecule has 0 spiro atoms. The Bertz CT molecular complexity index is 687. The average molecular weight is 287 g/mol. The van der Waals surface area contributed by atoms with Crippen LogP contribution in [0.1, 0.15) is 18.4 Å². The van der Waals surface area contributed by atoms with Crippen molar-refractivity contribution < 1.29 is 0 Å². The third-order valence-electron chi connectivity index (χ3n) is 3.97. The minimum Gasteiger partial charge on any atom is -0.384 e. The fourth-order valence-corrected chi connectivity index (χ4v) is 2.58. The van der Waals surface area contributed by atoms with Crippen LogP contribution in [-0.2, 0) is 0 Å². The molecule has 0 aromatic heterocycles. The van der Waals surface area contributed by atoms with E-state index in [1.807, 2.05) is 6.07 Å². The Morgan fingerprint density at radius 2 is 1.23 bits per heavy atom. The fraction of sp³-hybridized carbons (Fsp3) is 0.143. The lowest BCUT2D eigenvalue weighted by Gasteiger charge is -2.14. The van der Waals surface area contributed by atoms with Gasteiger partial charge in [0.15, 0.2) is 0 Å². The van der Waals surface area contributed by atoms with E-state index < -0.39 is 0 Å². The molecule has 0 aliphatic rings. The second kappa shape index (κ2) is 6.95. The number of hydrogen-bond acceptors (Lipinski definition) is 1. The van der Waals surface area contributed by atoms with E-state index in [0.29, 0.717) is 5.92 Å². The van der Waals surface area contributed by atoms with Gasteiger partial charge in [0, 0.05) is 12.2 Å². The summed E-state index contributed by atoms with van der Waals surface area (Å²) in [6.07, 6.45) is 0. The van der Waals surface area contributed by atoms with Crippen molar-refractivity contribution in [2.75, 3.05) is 11.9 Å². The predicted octanol–water partition coefficient (Wildman–Crippen LogP) is 5.57. The summed E-state index contributed by atoms with van der Waals surface area (Å²) in [5.74, 6) is 0.477. The van der Waals surface area contributed by atoms with Crippen molar-refractivity contribution in [3.63, 3.8) is 0 Å². The number of anilines is 1. The zero-order valence-electron chi connectivity index (χ0n) is 12.9. The Hall–Kier alpha value is -2.54. The molecule has 22 heavy (non-hydrogen) atoms. The molecule has 3 rings (SSSR count). The van der Waals surface area contributed by atoms with Crippen LogP contribution >= 0.6 is 0 Å². The standard InChI is InChI=1S/C21H21N/c1-17(16-22-21-10-6-3-7-11-21)18-12-14-20(15-13-18)19-8-4-2-5-9-19/h2-15,17,22H,16H2,1H3. The van der Waals surface area contributed by atoms with Gasteiger partial charge in [0.1, 0.15) is 0 Å². The van der Waals surface area contributed by atoms with E-state index in [-0.39, 0.29) is 0 Å². The van der Waals surface area contributed by atoms with Crippen molar-refractivity contribution in [2.24, 2.45) is 0 Å². The fourth-order valence-electron chi connectivity index (χ4n) is 2.58. The molecular formula is C21H21N. The van der Waals surface area contributed by atoms with Crippen LogP contribution in [0.5, 0.6) is 0 Å². The molecule has 110 valence electrons. The smallest absolute Gasteiger partial charge is 0.0340 e. The summed E-state index contributed by atoms with van der Waals surface area (Å²) in [6, 6.07) is 29.8. The number of hydrogen-bond donors (Lipinski definition) is 1. The zero-order chi connectivity index (χ0) is 15.2. The van der Waals surface area contributed by atoms with Gasteiger partial charge in [0.05, 0.1) is 0 Å². The topological polar surface area (TPSA) is 12.0 Å². The Morgan fingerprint density at radius 1 is 0.682 bits per heavy atom. The molecule has 0 heterocycles. The molecule has 1 nitrogen and oxygen atoms in total. The van der Waals surface area contributed by atoms with Gasteiger partial charge in [-0.3, -0.25) is 0 Å². The van der Waals surface area contributed by atoms with Gasteiger partial charge in [-0.25, -0.2) is 0 Å². The Kier molecular flexibility index (Phi) is 4.55. The second-order valence-corrected chi connectivity index (χ2v) is 5.64. The largest absolute Gasteiger partial charge is 0.384 e. The second-order valence-electron chi connectivity index (χ2n) is 5.64. The van der Waals surface area contributed by atoms with Gasteiger partial charge >= 0.3 is 0 Å². The average Bonchev–Trinajstić information content (AvgIpc) is 2.61. The molecule has 3 aromatic rings. The molecule has 0 saturated carbocycles. The van der Waals surface area contributed by atoms with Crippen molar-refractivity contribution in [2.45, 2.75) is 12.8 Å². The quantitative estimate of drug-likeness (QED) is 0.647. The van der Waals surface area contributed by atoms with Crippen LogP contribution in [0.25, 0.3) is 11.1 Å². The van der Waals surface area contributed by atoms with E-state index in [1.54, 1.807) is 0 Å². The van der Waals surface area contributed by atoms with E-state index in [2.05, 4.69) is 91.1 Å². The maximum atomic E-state index is 3.49. The minimum absolute atomic E-state index is 0.477. The SMILES string of the molecule is CC(CNc1ccccc1)c1ccc(-c2ccccc2)cc1. The summed E-state index contributed by atoms with van der Waals surface area (Å²) in [6.45, 7) is 3.20. The van der Waals surface area contributed by atoms with Crippen LogP contribution in [0.15, 0.2) is 84.9 Å². The molecular weight excluding hydrogens is 266 g/mol. The molecule has 1 heteroatoms. The number of benzene rings is 3. The predicted molar refractivity (Wildman–Crippen MR) is 95.2 cm³/mol. The van der Waals surface area contributed by atoms with Gasteiger partial charge in [-0.15, -0.1) is 0 Å². The molecule has 1 unspecified atom stereocenters. The molecule has 0 fully saturated rings. The van der Waals surface area contributed by atoms with Crippen molar-refractivity contribution in [1.29, 1.82) is 0 Å². The molecule has 1 atom stereocenters. The third-order valence-corrected chi connectivity index (χ3v) is 3.97. The molecule has 3 aromatic carbocycles. The molecule has 0 aliphatic heterocycles. The number of rotatable bonds is 5. The van der Waals surface area contributed by atoms with E-state index in [0.717, 1.165) is 6.54 Å². The lowest BCUT2D eigenvalue weighted by molar-refractivity contribution is 0.805. The third kappa shape index (κ3) is 3.56. The van der Waals surface area contributed by atoms with Crippen LogP contribution in [0, 0.1) is 0 Å². The van der Waals surface area contributed by atoms with Crippen LogP contribution in [-0.4, -0.2) is 6.54 Å². The van der Waals surface area contributed by atoms with E-state index in [4.69, 9.17) is 0 Å². The van der Waals surface area contributed by atoms with Crippen molar-refractivity contribution in [1.82, 2.24) is 0 Å². The highest BCUT2D eigenvalue weighted by Gasteiger charge is 2.06. The number of nitrogens with one attached hydrogen (secondary N) is 1. The van der Waals surface area contributed by atoms with Gasteiger partial charge in [-0.05, 0) is 34.7 Å². The van der Waals surface area contributed by atoms with Crippen LogP contribution < -0.4 is 5.32 Å². The first-order valence-electron chi connectivity index (χ1n) is 7.77. The highest BCUT2D eigenvalue weighted by Crippen LogP contribution is 2.23. The molecule has 0 aliphatic carbocycles. The Balaban J connectivity index is 1.65. The van der Waals surface area contributed by atoms with Crippen LogP contribution in [0.2, 0.25) is 0 Å². The lowest BCUT2D eigenvalue weighted by Crippen LogP contribution is -2.09. The van der Waals surface area contributed by atoms with Gasteiger partial charge in [-0.1, -0.05) is 79.7 Å². The van der Waals surface area contributed by atoms with Crippen molar-refractivity contribution >= 4 is 5.69 Å². The van der Waals surface area contributed by atoms with Crippen molar-refractivity contribution in [3.8, 4) is 11.1 Å². The summed E-state index contributed by atoms with van der Waals surface area (Å²) in [5, 5.41) is 3.49. The lowest BCUT2D eigenvalue weighted by atomic mass is 9.97. The molecule has 0 saturated heterocycles. The van der Waals surface area contributed by atoms with E-state index in [1.165, 1.54) is 22.4 Å². The maximum Gasteiger partial charge on any atom is 0.0340 e. The monoisotopic (exact) mass is 287 g/mol. The van der Waals surface area contributed by atoms with E-state index in [9.17, 15) is 0 Å². The highest BCUT2D eigenvalue weighted by atomic mass is 14.9. The Labute approximate surface area is 132 Å². The van der Waals surface area contributed by atoms with E-state index >= 15 is 0 Å². The van der Waals surface area contributed by atoms with Gasteiger partial charge in [0.2, 0.25) is 0 Å². The summed E-state index contributed by atoms with van der Waals surface area (Å²) in [4.78, 5) is 0. The van der Waals surface area contributed by atoms with Crippen LogP contribution in [0.4, 0.5) is 5.69 Å². The van der Waals surface area contributed by atoms with Crippen molar-refractivity contribution in [3.05, 3.63) is 90.5 Å². The van der Waals surface area contributed by atoms with Gasteiger partial charge < -0.3 is 5.32 Å². The number of para-hydroxylation sites is 1. The van der Waals surface area contributed by atoms with Gasteiger partial charge in [0.25, 0.3) is 0 Å². The zero-order valence-corrected chi connectivity index (χ0v) is 12.9. The minimum atomic E-state index is 0.477. The summed E-state index contributed by atoms with van der Waals surface area (Å²) in [7, 11) is 0. The molecule has 0 amide bonds. The van der Waals surface area contributed by atoms with Crippen LogP contribution in [0.3, 0.4) is 0 Å². The highest BCUT2D eigenvalue weighted by molar-refractivity contribution is 5.63. The first-order valence-corrected chi connectivity index (χ1v) is 7.77. The summed E-state index contributed by atoms with van der Waals surface area (Å²) >= 11 is 0. The summed E-state index contributed by atoms with van der Waals surface area (Å²) < 4.78 is 0. The molecule has 0 bridgehead atoms. The maximum absolute atomic E-state index is 3.49. The first-order chi connectivity index (χ1) is 10.8. The molecule has 1 N–H and O–H groups in total. The Morgan fingerprint density at radius 3 is 1.86 bits per heavy atom. The summed E-state index contributed by atoms with van der Waals surface area (Å²) in [5.41, 5.74) is 5.08. The van der Waals surface area contributed by atoms with Gasteiger partial charge in [-0.2, -0.15) is 0 Å². The normalized spacial score (nSPS) is 11.9. The first kappa shape index (κ1) is 14.4.